The first kappa shape index (κ1) is 12.7. The van der Waals surface area contributed by atoms with Gasteiger partial charge in [0.15, 0.2) is 4.77 Å². The highest BCUT2D eigenvalue weighted by atomic mass is 32.2. The van der Waals surface area contributed by atoms with Gasteiger partial charge < -0.3 is 4.57 Å². The van der Waals surface area contributed by atoms with E-state index in [1.54, 1.807) is 0 Å². The SMILES string of the molecule is Cn1c([C@H]2CCCN(S(C)(=O)=O)C2)n[nH]c1=S. The molecule has 2 rings (SSSR count). The van der Waals surface area contributed by atoms with Crippen LogP contribution in [0.25, 0.3) is 0 Å². The van der Waals surface area contributed by atoms with Crippen LogP contribution in [-0.2, 0) is 17.1 Å². The van der Waals surface area contributed by atoms with Crippen molar-refractivity contribution in [1.29, 1.82) is 0 Å². The number of rotatable bonds is 2. The van der Waals surface area contributed by atoms with Crippen LogP contribution in [0.4, 0.5) is 0 Å². The number of hydrogen-bond acceptors (Lipinski definition) is 4. The molecule has 96 valence electrons. The minimum Gasteiger partial charge on any atom is -0.307 e. The van der Waals surface area contributed by atoms with Crippen LogP contribution in [0.3, 0.4) is 0 Å². The molecule has 0 aromatic carbocycles. The van der Waals surface area contributed by atoms with Crippen LogP contribution in [0.2, 0.25) is 0 Å². The highest BCUT2D eigenvalue weighted by Crippen LogP contribution is 2.26. The third-order valence-corrected chi connectivity index (χ3v) is 4.77. The molecule has 6 nitrogen and oxygen atoms in total. The van der Waals surface area contributed by atoms with Gasteiger partial charge in [-0.15, -0.1) is 0 Å². The minimum atomic E-state index is -3.11. The summed E-state index contributed by atoms with van der Waals surface area (Å²) in [5.41, 5.74) is 0. The zero-order chi connectivity index (χ0) is 12.6. The van der Waals surface area contributed by atoms with Crippen LogP contribution >= 0.6 is 12.2 Å². The fourth-order valence-electron chi connectivity index (χ4n) is 2.18. The third-order valence-electron chi connectivity index (χ3n) is 3.13. The molecule has 1 aromatic rings. The van der Waals surface area contributed by atoms with Gasteiger partial charge in [0, 0.05) is 26.1 Å². The average molecular weight is 276 g/mol. The first-order valence-corrected chi connectivity index (χ1v) is 7.71. The summed E-state index contributed by atoms with van der Waals surface area (Å²) >= 11 is 5.06. The van der Waals surface area contributed by atoms with Gasteiger partial charge in [-0.3, -0.25) is 5.10 Å². The first-order chi connectivity index (χ1) is 7.89. The average Bonchev–Trinajstić information content (AvgIpc) is 2.59. The van der Waals surface area contributed by atoms with Gasteiger partial charge in [0.25, 0.3) is 0 Å². The van der Waals surface area contributed by atoms with Crippen molar-refractivity contribution >= 4 is 22.2 Å². The quantitative estimate of drug-likeness (QED) is 0.804. The normalized spacial score (nSPS) is 22.8. The Hall–Kier alpha value is -0.730. The predicted octanol–water partition coefficient (Wildman–Crippen LogP) is 0.617. The monoisotopic (exact) mass is 276 g/mol. The number of H-pyrrole nitrogens is 1. The summed E-state index contributed by atoms with van der Waals surface area (Å²) in [6.45, 7) is 1.09. The Labute approximate surface area is 106 Å². The van der Waals surface area contributed by atoms with Gasteiger partial charge in [-0.05, 0) is 25.1 Å². The van der Waals surface area contributed by atoms with E-state index in [9.17, 15) is 8.42 Å². The zero-order valence-corrected chi connectivity index (χ0v) is 11.5. The topological polar surface area (TPSA) is 71.0 Å². The summed E-state index contributed by atoms with van der Waals surface area (Å²) in [6.07, 6.45) is 3.05. The molecule has 1 saturated heterocycles. The second-order valence-electron chi connectivity index (χ2n) is 4.41. The van der Waals surface area contributed by atoms with Gasteiger partial charge in [-0.2, -0.15) is 5.10 Å². The molecule has 2 heterocycles. The molecule has 1 N–H and O–H groups in total. The van der Waals surface area contributed by atoms with E-state index < -0.39 is 10.0 Å². The fraction of sp³-hybridized carbons (Fsp3) is 0.778. The molecule has 0 amide bonds. The largest absolute Gasteiger partial charge is 0.307 e. The standard InChI is InChI=1S/C9H16N4O2S2/c1-12-8(10-11-9(12)16)7-4-3-5-13(6-7)17(2,14)15/h7H,3-6H2,1-2H3,(H,11,16)/t7-/m0/s1. The lowest BCUT2D eigenvalue weighted by Crippen LogP contribution is -2.39. The summed E-state index contributed by atoms with van der Waals surface area (Å²) in [7, 11) is -1.27. The molecular formula is C9H16N4O2S2. The Bertz CT molecular complexity index is 560. The van der Waals surface area contributed by atoms with Crippen molar-refractivity contribution in [2.24, 2.45) is 7.05 Å². The second kappa shape index (κ2) is 4.51. The molecule has 0 radical (unpaired) electrons. The number of hydrogen-bond donors (Lipinski definition) is 1. The van der Waals surface area contributed by atoms with E-state index in [-0.39, 0.29) is 5.92 Å². The van der Waals surface area contributed by atoms with E-state index in [0.29, 0.717) is 17.9 Å². The Morgan fingerprint density at radius 2 is 2.24 bits per heavy atom. The van der Waals surface area contributed by atoms with Crippen LogP contribution in [0.15, 0.2) is 0 Å². The number of nitrogens with one attached hydrogen (secondary N) is 1. The Kier molecular flexibility index (Phi) is 3.37. The van der Waals surface area contributed by atoms with E-state index in [2.05, 4.69) is 10.2 Å². The van der Waals surface area contributed by atoms with Crippen molar-refractivity contribution in [1.82, 2.24) is 19.1 Å². The van der Waals surface area contributed by atoms with E-state index >= 15 is 0 Å². The van der Waals surface area contributed by atoms with Gasteiger partial charge in [0.2, 0.25) is 10.0 Å². The van der Waals surface area contributed by atoms with Crippen LogP contribution in [0.1, 0.15) is 24.6 Å². The van der Waals surface area contributed by atoms with E-state index in [1.807, 2.05) is 11.6 Å². The Morgan fingerprint density at radius 1 is 1.53 bits per heavy atom. The first-order valence-electron chi connectivity index (χ1n) is 5.46. The van der Waals surface area contributed by atoms with Gasteiger partial charge in [0.05, 0.1) is 6.26 Å². The molecule has 17 heavy (non-hydrogen) atoms. The summed E-state index contributed by atoms with van der Waals surface area (Å²) in [6, 6.07) is 0. The molecule has 1 aliphatic rings. The fourth-order valence-corrected chi connectivity index (χ4v) is 3.23. The summed E-state index contributed by atoms with van der Waals surface area (Å²) in [5.74, 6) is 0.958. The number of piperidine rings is 1. The molecule has 0 saturated carbocycles. The molecule has 0 aliphatic carbocycles. The van der Waals surface area contributed by atoms with Crippen molar-refractivity contribution in [3.8, 4) is 0 Å². The predicted molar refractivity (Wildman–Crippen MR) is 66.8 cm³/mol. The van der Waals surface area contributed by atoms with Crippen molar-refractivity contribution in [3.05, 3.63) is 10.6 Å². The summed E-state index contributed by atoms with van der Waals surface area (Å²) < 4.78 is 26.9. The molecular weight excluding hydrogens is 260 g/mol. The molecule has 0 bridgehead atoms. The Balaban J connectivity index is 2.24. The molecule has 8 heteroatoms. The van der Waals surface area contributed by atoms with Gasteiger partial charge in [-0.25, -0.2) is 12.7 Å². The second-order valence-corrected chi connectivity index (χ2v) is 6.78. The van der Waals surface area contributed by atoms with Gasteiger partial charge in [-0.1, -0.05) is 0 Å². The summed E-state index contributed by atoms with van der Waals surface area (Å²) in [5, 5.41) is 6.92. The van der Waals surface area contributed by atoms with E-state index in [0.717, 1.165) is 18.7 Å². The van der Waals surface area contributed by atoms with Crippen LogP contribution in [0.5, 0.6) is 0 Å². The lowest BCUT2D eigenvalue weighted by Gasteiger charge is -2.30. The van der Waals surface area contributed by atoms with Crippen LogP contribution in [-0.4, -0.2) is 46.8 Å². The van der Waals surface area contributed by atoms with Crippen LogP contribution in [0, 0.1) is 4.77 Å². The maximum Gasteiger partial charge on any atom is 0.211 e. The minimum absolute atomic E-state index is 0.122. The Morgan fingerprint density at radius 3 is 2.76 bits per heavy atom. The number of sulfonamides is 1. The van der Waals surface area contributed by atoms with Crippen molar-refractivity contribution in [2.45, 2.75) is 18.8 Å². The highest BCUT2D eigenvalue weighted by molar-refractivity contribution is 7.88. The van der Waals surface area contributed by atoms with E-state index in [1.165, 1.54) is 10.6 Å². The molecule has 1 atom stereocenters. The molecule has 1 aliphatic heterocycles. The zero-order valence-electron chi connectivity index (χ0n) is 9.88. The number of aromatic amines is 1. The van der Waals surface area contributed by atoms with Crippen LogP contribution < -0.4 is 0 Å². The lowest BCUT2D eigenvalue weighted by molar-refractivity contribution is 0.307. The lowest BCUT2D eigenvalue weighted by atomic mass is 9.99. The van der Waals surface area contributed by atoms with Crippen molar-refractivity contribution in [3.63, 3.8) is 0 Å². The molecule has 0 spiro atoms. The van der Waals surface area contributed by atoms with Gasteiger partial charge >= 0.3 is 0 Å². The molecule has 1 aromatic heterocycles. The maximum atomic E-state index is 11.5. The number of nitrogens with zero attached hydrogens (tertiary/aromatic N) is 3. The summed E-state index contributed by atoms with van der Waals surface area (Å²) in [4.78, 5) is 0. The van der Waals surface area contributed by atoms with Crippen molar-refractivity contribution < 1.29 is 8.42 Å². The van der Waals surface area contributed by atoms with Gasteiger partial charge in [0.1, 0.15) is 5.82 Å². The third kappa shape index (κ3) is 2.58. The van der Waals surface area contributed by atoms with E-state index in [4.69, 9.17) is 12.2 Å². The molecule has 0 unspecified atom stereocenters. The number of aromatic nitrogens is 3. The highest BCUT2D eigenvalue weighted by Gasteiger charge is 2.29. The maximum absolute atomic E-state index is 11.5. The smallest absolute Gasteiger partial charge is 0.211 e. The van der Waals surface area contributed by atoms with Crippen molar-refractivity contribution in [2.75, 3.05) is 19.3 Å². The molecule has 1 fully saturated rings.